The molecule has 0 unspecified atom stereocenters. The van der Waals surface area contributed by atoms with E-state index in [4.69, 9.17) is 4.74 Å². The number of hydrogen-bond donors (Lipinski definition) is 4. The summed E-state index contributed by atoms with van der Waals surface area (Å²) in [5, 5.41) is 34.0. The van der Waals surface area contributed by atoms with Gasteiger partial charge < -0.3 is 25.2 Å². The highest BCUT2D eigenvalue weighted by atomic mass is 32.2. The van der Waals surface area contributed by atoms with E-state index in [9.17, 15) is 24.7 Å². The molecule has 8 atom stereocenters. The Hall–Kier alpha value is -2.59. The first-order chi connectivity index (χ1) is 20.8. The maximum Gasteiger partial charge on any atom is 0.488 e. The van der Waals surface area contributed by atoms with E-state index in [1.807, 2.05) is 43.3 Å². The van der Waals surface area contributed by atoms with Crippen molar-refractivity contribution in [3.63, 3.8) is 0 Å². The first-order valence-corrected chi connectivity index (χ1v) is 16.8. The number of nitrogens with one attached hydrogen (secondary N) is 1. The Bertz CT molecular complexity index is 1400. The fourth-order valence-electron chi connectivity index (χ4n) is 8.60. The second-order valence-corrected chi connectivity index (χ2v) is 14.9. The van der Waals surface area contributed by atoms with Gasteiger partial charge in [-0.25, -0.2) is 0 Å². The van der Waals surface area contributed by atoms with Crippen LogP contribution in [0.3, 0.4) is 0 Å². The summed E-state index contributed by atoms with van der Waals surface area (Å²) in [4.78, 5) is 28.0. The molecule has 3 saturated carbocycles. The molecule has 7 nitrogen and oxygen atoms in total. The van der Waals surface area contributed by atoms with Crippen molar-refractivity contribution in [3.8, 4) is 0 Å². The molecule has 3 fully saturated rings. The maximum atomic E-state index is 13.6. The highest BCUT2D eigenvalue weighted by Gasteiger charge is 2.68. The van der Waals surface area contributed by atoms with E-state index >= 15 is 0 Å². The zero-order valence-electron chi connectivity index (χ0n) is 26.3. The number of carbonyl (C=O) groups is 2. The van der Waals surface area contributed by atoms with Crippen molar-refractivity contribution in [3.05, 3.63) is 66.7 Å². The summed E-state index contributed by atoms with van der Waals surface area (Å²) in [5.74, 6) is -0.0799. The van der Waals surface area contributed by atoms with Crippen molar-refractivity contribution in [1.29, 1.82) is 0 Å². The SMILES string of the molecule is C=C[C@]1(C)C[C@@H](OC(=O)CSc2cccc(NCc3cccc(B(O)O)c3)c2)[C@]2(C)[C@H](C)CC[C@]3(CCC(=O)[C@H]32)[C@@H](C)[C@@H]1O. The van der Waals surface area contributed by atoms with Crippen LogP contribution in [0.4, 0.5) is 5.69 Å². The lowest BCUT2D eigenvalue weighted by molar-refractivity contribution is -0.205. The number of ketones is 1. The van der Waals surface area contributed by atoms with Gasteiger partial charge in [-0.3, -0.25) is 9.59 Å². The number of anilines is 1. The van der Waals surface area contributed by atoms with Gasteiger partial charge in [-0.2, -0.15) is 0 Å². The lowest BCUT2D eigenvalue weighted by Crippen LogP contribution is -2.63. The standard InChI is InChI=1S/C35H46BNO6S/c1-6-33(4)19-29(34(5)22(2)13-15-35(23(3)32(33)40)16-14-28(38)31(34)35)43-30(39)21-44-27-12-8-11-26(18-27)37-20-24-9-7-10-25(17-24)36(41)42/h6-12,17-18,22-23,29,31-32,37,40-42H,1,13-16,19-21H2,2-5H3/t22-,23+,29-,31+,32+,33-,34+,35+/m1/s1. The number of benzene rings is 2. The van der Waals surface area contributed by atoms with Crippen molar-refractivity contribution in [1.82, 2.24) is 0 Å². The molecule has 0 amide bonds. The molecule has 2 aromatic rings. The second kappa shape index (κ2) is 12.7. The summed E-state index contributed by atoms with van der Waals surface area (Å²) < 4.78 is 6.38. The van der Waals surface area contributed by atoms with Gasteiger partial charge in [0.1, 0.15) is 11.9 Å². The zero-order valence-corrected chi connectivity index (χ0v) is 27.1. The van der Waals surface area contributed by atoms with Crippen molar-refractivity contribution in [2.75, 3.05) is 11.1 Å². The third-order valence-electron chi connectivity index (χ3n) is 11.5. The van der Waals surface area contributed by atoms with Gasteiger partial charge in [0.25, 0.3) is 0 Å². The van der Waals surface area contributed by atoms with E-state index in [2.05, 4.69) is 32.7 Å². The molecule has 0 aromatic heterocycles. The van der Waals surface area contributed by atoms with Crippen LogP contribution in [0, 0.1) is 34.0 Å². The predicted molar refractivity (Wildman–Crippen MR) is 175 cm³/mol. The fraction of sp³-hybridized carbons (Fsp3) is 0.543. The first kappa shape index (κ1) is 32.8. The third kappa shape index (κ3) is 5.89. The molecule has 0 radical (unpaired) electrons. The third-order valence-corrected chi connectivity index (χ3v) is 12.5. The van der Waals surface area contributed by atoms with Crippen LogP contribution in [0.5, 0.6) is 0 Å². The number of aliphatic hydroxyl groups is 1. The number of rotatable bonds is 9. The van der Waals surface area contributed by atoms with Gasteiger partial charge >= 0.3 is 13.1 Å². The summed E-state index contributed by atoms with van der Waals surface area (Å²) >= 11 is 1.40. The van der Waals surface area contributed by atoms with Crippen LogP contribution in [0.15, 0.2) is 66.1 Å². The lowest BCUT2D eigenvalue weighted by Gasteiger charge is -2.61. The Morgan fingerprint density at radius 2 is 1.91 bits per heavy atom. The number of hydrogen-bond acceptors (Lipinski definition) is 8. The topological polar surface area (TPSA) is 116 Å². The van der Waals surface area contributed by atoms with Crippen LogP contribution in [-0.2, 0) is 20.9 Å². The molecule has 0 heterocycles. The summed E-state index contributed by atoms with van der Waals surface area (Å²) in [6.07, 6.45) is 4.17. The van der Waals surface area contributed by atoms with E-state index < -0.39 is 30.2 Å². The molecule has 44 heavy (non-hydrogen) atoms. The molecule has 2 aromatic carbocycles. The largest absolute Gasteiger partial charge is 0.488 e. The zero-order chi connectivity index (χ0) is 31.9. The van der Waals surface area contributed by atoms with Gasteiger partial charge in [0.2, 0.25) is 0 Å². The molecule has 3 aliphatic carbocycles. The van der Waals surface area contributed by atoms with E-state index in [0.29, 0.717) is 24.8 Å². The predicted octanol–water partition coefficient (Wildman–Crippen LogP) is 4.98. The molecular weight excluding hydrogens is 573 g/mol. The Balaban J connectivity index is 1.31. The smallest absolute Gasteiger partial charge is 0.461 e. The minimum atomic E-state index is -1.51. The second-order valence-electron chi connectivity index (χ2n) is 13.9. The molecule has 0 aliphatic heterocycles. The van der Waals surface area contributed by atoms with E-state index in [1.165, 1.54) is 11.8 Å². The van der Waals surface area contributed by atoms with Crippen molar-refractivity contribution in [2.24, 2.45) is 34.0 Å². The van der Waals surface area contributed by atoms with Gasteiger partial charge in [-0.15, -0.1) is 18.3 Å². The fourth-order valence-corrected chi connectivity index (χ4v) is 9.34. The number of carbonyl (C=O) groups excluding carboxylic acids is 2. The summed E-state index contributed by atoms with van der Waals surface area (Å²) in [6.45, 7) is 13.1. The molecule has 236 valence electrons. The number of aliphatic hydroxyl groups excluding tert-OH is 1. The first-order valence-electron chi connectivity index (χ1n) is 15.8. The minimum absolute atomic E-state index is 0.0629. The van der Waals surface area contributed by atoms with Crippen molar-refractivity contribution >= 4 is 41.8 Å². The number of thioether (sulfide) groups is 1. The Morgan fingerprint density at radius 3 is 2.64 bits per heavy atom. The normalized spacial score (nSPS) is 34.8. The highest BCUT2D eigenvalue weighted by molar-refractivity contribution is 8.00. The van der Waals surface area contributed by atoms with Crippen molar-refractivity contribution < 1.29 is 29.5 Å². The van der Waals surface area contributed by atoms with E-state index in [1.54, 1.807) is 18.2 Å². The molecule has 0 spiro atoms. The summed E-state index contributed by atoms with van der Waals surface area (Å²) in [6, 6.07) is 14.9. The van der Waals surface area contributed by atoms with Crippen LogP contribution >= 0.6 is 11.8 Å². The lowest BCUT2D eigenvalue weighted by atomic mass is 9.44. The molecule has 9 heteroatoms. The van der Waals surface area contributed by atoms with Crippen LogP contribution in [0.25, 0.3) is 0 Å². The molecule has 4 N–H and O–H groups in total. The molecule has 2 bridgehead atoms. The average Bonchev–Trinajstić information content (AvgIpc) is 3.37. The monoisotopic (exact) mass is 619 g/mol. The van der Waals surface area contributed by atoms with E-state index in [-0.39, 0.29) is 40.7 Å². The summed E-state index contributed by atoms with van der Waals surface area (Å²) in [7, 11) is -1.51. The van der Waals surface area contributed by atoms with Gasteiger partial charge in [0.15, 0.2) is 0 Å². The van der Waals surface area contributed by atoms with Gasteiger partial charge in [0, 0.05) is 40.3 Å². The molecule has 0 saturated heterocycles. The maximum absolute atomic E-state index is 13.6. The highest BCUT2D eigenvalue weighted by Crippen LogP contribution is 2.68. The van der Waals surface area contributed by atoms with Gasteiger partial charge in [-0.1, -0.05) is 64.1 Å². The van der Waals surface area contributed by atoms with Crippen LogP contribution < -0.4 is 10.8 Å². The average molecular weight is 620 g/mol. The summed E-state index contributed by atoms with van der Waals surface area (Å²) in [5.41, 5.74) is 0.745. The number of esters is 1. The number of Topliss-reactive ketones (excluding diaryl/α,β-unsaturated/α-hetero) is 1. The van der Waals surface area contributed by atoms with Crippen molar-refractivity contribution in [2.45, 2.75) is 83.4 Å². The van der Waals surface area contributed by atoms with Crippen LogP contribution in [0.2, 0.25) is 0 Å². The minimum Gasteiger partial charge on any atom is -0.461 e. The Morgan fingerprint density at radius 1 is 1.16 bits per heavy atom. The quantitative estimate of drug-likeness (QED) is 0.135. The van der Waals surface area contributed by atoms with Gasteiger partial charge in [0.05, 0.1) is 11.9 Å². The molecule has 5 rings (SSSR count). The van der Waals surface area contributed by atoms with E-state index in [0.717, 1.165) is 35.4 Å². The number of ether oxygens (including phenoxy) is 1. The molecule has 3 aliphatic rings. The van der Waals surface area contributed by atoms with Gasteiger partial charge in [-0.05, 0) is 72.2 Å². The molecular formula is C35H46BNO6S. The van der Waals surface area contributed by atoms with Crippen LogP contribution in [-0.4, -0.2) is 52.0 Å². The Kier molecular flexibility index (Phi) is 9.44. The van der Waals surface area contributed by atoms with Crippen LogP contribution in [0.1, 0.15) is 65.4 Å². The Labute approximate surface area is 266 Å².